The molecular weight excluding hydrogens is 408 g/mol. The molecule has 0 aliphatic carbocycles. The largest absolute Gasteiger partial charge is 0.444 e. The summed E-state index contributed by atoms with van der Waals surface area (Å²) in [7, 11) is 0. The van der Waals surface area contributed by atoms with E-state index in [1.807, 2.05) is 25.7 Å². The molecule has 1 amide bonds. The van der Waals surface area contributed by atoms with Crippen molar-refractivity contribution in [2.24, 2.45) is 0 Å². The van der Waals surface area contributed by atoms with Gasteiger partial charge in [0.25, 0.3) is 0 Å². The summed E-state index contributed by atoms with van der Waals surface area (Å²) in [5.74, 6) is -0.233. The zero-order valence-electron chi connectivity index (χ0n) is 15.8. The summed E-state index contributed by atoms with van der Waals surface area (Å²) < 4.78 is 19.9. The van der Waals surface area contributed by atoms with E-state index in [0.717, 1.165) is 12.8 Å². The Labute approximate surface area is 171 Å². The van der Waals surface area contributed by atoms with Crippen molar-refractivity contribution < 1.29 is 13.9 Å². The maximum Gasteiger partial charge on any atom is 0.410 e. The quantitative estimate of drug-likeness (QED) is 0.504. The second-order valence-corrected chi connectivity index (χ2v) is 8.92. The fourth-order valence-corrected chi connectivity index (χ4v) is 4.14. The van der Waals surface area contributed by atoms with Crippen molar-refractivity contribution in [3.05, 3.63) is 22.5 Å². The standard InChI is InChI=1S/C18H20Cl2FN5O2/c1-17(2,3)28-16(27)26-7-5-18(26)4-6-25(9-18)14-10-8-22-13(19)11(21)12(10)23-15(20)24-14/h8H,4-7,9H2,1-3H3. The van der Waals surface area contributed by atoms with Crippen LogP contribution in [0, 0.1) is 5.82 Å². The molecule has 0 radical (unpaired) electrons. The number of fused-ring (bicyclic) bond motifs is 1. The van der Waals surface area contributed by atoms with Crippen molar-refractivity contribution in [3.8, 4) is 0 Å². The van der Waals surface area contributed by atoms with Crippen LogP contribution in [-0.4, -0.2) is 56.7 Å². The molecule has 1 atom stereocenters. The lowest BCUT2D eigenvalue weighted by atomic mass is 9.84. The third kappa shape index (κ3) is 3.22. The van der Waals surface area contributed by atoms with Crippen molar-refractivity contribution in [2.75, 3.05) is 24.5 Å². The third-order valence-corrected chi connectivity index (χ3v) is 5.65. The molecule has 2 aliphatic rings. The van der Waals surface area contributed by atoms with E-state index in [1.54, 1.807) is 4.90 Å². The molecule has 2 aromatic rings. The van der Waals surface area contributed by atoms with Crippen LogP contribution in [0.25, 0.3) is 10.9 Å². The Kier molecular flexibility index (Phi) is 4.54. The number of aromatic nitrogens is 3. The average molecular weight is 428 g/mol. The molecule has 150 valence electrons. The summed E-state index contributed by atoms with van der Waals surface area (Å²) in [4.78, 5) is 28.5. The zero-order valence-corrected chi connectivity index (χ0v) is 17.3. The Bertz CT molecular complexity index is 967. The van der Waals surface area contributed by atoms with Gasteiger partial charge in [0.2, 0.25) is 5.28 Å². The Hall–Kier alpha value is -1.93. The number of likely N-dealkylation sites (tertiary alicyclic amines) is 1. The van der Waals surface area contributed by atoms with E-state index in [9.17, 15) is 9.18 Å². The summed E-state index contributed by atoms with van der Waals surface area (Å²) in [6.45, 7) is 7.39. The maximum absolute atomic E-state index is 14.4. The molecule has 4 rings (SSSR count). The van der Waals surface area contributed by atoms with Gasteiger partial charge in [-0.1, -0.05) is 11.6 Å². The molecule has 10 heteroatoms. The molecule has 2 aliphatic heterocycles. The number of rotatable bonds is 1. The van der Waals surface area contributed by atoms with Crippen LogP contribution < -0.4 is 4.90 Å². The predicted molar refractivity (Wildman–Crippen MR) is 104 cm³/mol. The Morgan fingerprint density at radius 3 is 2.61 bits per heavy atom. The van der Waals surface area contributed by atoms with Gasteiger partial charge < -0.3 is 14.5 Å². The van der Waals surface area contributed by atoms with Gasteiger partial charge in [-0.05, 0) is 45.2 Å². The fraction of sp³-hybridized carbons (Fsp3) is 0.556. The molecule has 2 saturated heterocycles. The minimum atomic E-state index is -0.724. The molecule has 0 N–H and O–H groups in total. The molecule has 0 aromatic carbocycles. The van der Waals surface area contributed by atoms with Crippen molar-refractivity contribution in [1.29, 1.82) is 0 Å². The summed E-state index contributed by atoms with van der Waals surface area (Å²) in [6, 6.07) is 0. The number of halogens is 3. The number of nitrogens with zero attached hydrogens (tertiary/aromatic N) is 5. The SMILES string of the molecule is CC(C)(C)OC(=O)N1CCC12CCN(c1nc(Cl)nc3c(F)c(Cl)ncc13)C2. The van der Waals surface area contributed by atoms with Gasteiger partial charge in [-0.2, -0.15) is 4.98 Å². The van der Waals surface area contributed by atoms with Crippen LogP contribution in [0.1, 0.15) is 33.6 Å². The van der Waals surface area contributed by atoms with Gasteiger partial charge in [-0.25, -0.2) is 19.2 Å². The van der Waals surface area contributed by atoms with Crippen LogP contribution in [0.15, 0.2) is 6.20 Å². The molecule has 2 fully saturated rings. The number of anilines is 1. The summed E-state index contributed by atoms with van der Waals surface area (Å²) >= 11 is 11.8. The van der Waals surface area contributed by atoms with E-state index in [1.165, 1.54) is 6.20 Å². The van der Waals surface area contributed by atoms with Crippen LogP contribution in [0.3, 0.4) is 0 Å². The first-order valence-corrected chi connectivity index (χ1v) is 9.78. The van der Waals surface area contributed by atoms with Gasteiger partial charge in [0.1, 0.15) is 16.9 Å². The van der Waals surface area contributed by atoms with Gasteiger partial charge in [0.15, 0.2) is 11.0 Å². The molecule has 1 unspecified atom stereocenters. The molecule has 0 bridgehead atoms. The predicted octanol–water partition coefficient (Wildman–Crippen LogP) is 4.06. The van der Waals surface area contributed by atoms with Crippen LogP contribution in [0.2, 0.25) is 10.4 Å². The highest BCUT2D eigenvalue weighted by Gasteiger charge is 2.53. The fourth-order valence-electron chi connectivity index (χ4n) is 3.84. The van der Waals surface area contributed by atoms with Gasteiger partial charge in [0, 0.05) is 25.8 Å². The molecule has 0 saturated carbocycles. The zero-order chi connectivity index (χ0) is 20.3. The number of carbonyl (C=O) groups is 1. The number of ether oxygens (including phenoxy) is 1. The van der Waals surface area contributed by atoms with Gasteiger partial charge >= 0.3 is 6.09 Å². The van der Waals surface area contributed by atoms with E-state index >= 15 is 0 Å². The number of amides is 1. The first kappa shape index (κ1) is 19.4. The lowest BCUT2D eigenvalue weighted by Crippen LogP contribution is -2.64. The summed E-state index contributed by atoms with van der Waals surface area (Å²) in [5, 5.41) is 0.106. The highest BCUT2D eigenvalue weighted by Crippen LogP contribution is 2.42. The molecular formula is C18H20Cl2FN5O2. The average Bonchev–Trinajstić information content (AvgIpc) is 3.03. The van der Waals surface area contributed by atoms with E-state index in [-0.39, 0.29) is 27.6 Å². The Balaban J connectivity index is 1.63. The lowest BCUT2D eigenvalue weighted by molar-refractivity contribution is -0.0362. The minimum Gasteiger partial charge on any atom is -0.444 e. The third-order valence-electron chi connectivity index (χ3n) is 5.21. The molecule has 2 aromatic heterocycles. The molecule has 4 heterocycles. The van der Waals surface area contributed by atoms with Crippen molar-refractivity contribution >= 4 is 46.0 Å². The molecule has 1 spiro atoms. The van der Waals surface area contributed by atoms with Crippen molar-refractivity contribution in [2.45, 2.75) is 44.8 Å². The lowest BCUT2D eigenvalue weighted by Gasteiger charge is -2.50. The summed E-state index contributed by atoms with van der Waals surface area (Å²) in [6.07, 6.45) is 2.77. The van der Waals surface area contributed by atoms with Gasteiger partial charge in [-0.15, -0.1) is 0 Å². The monoisotopic (exact) mass is 427 g/mol. The Morgan fingerprint density at radius 2 is 1.96 bits per heavy atom. The normalized spacial score (nSPS) is 22.1. The van der Waals surface area contributed by atoms with E-state index in [4.69, 9.17) is 27.9 Å². The number of pyridine rings is 1. The number of carbonyl (C=O) groups excluding carboxylic acids is 1. The maximum atomic E-state index is 14.4. The highest BCUT2D eigenvalue weighted by atomic mass is 35.5. The van der Waals surface area contributed by atoms with Gasteiger partial charge in [0.05, 0.1) is 10.9 Å². The first-order valence-electron chi connectivity index (χ1n) is 9.02. The Morgan fingerprint density at radius 1 is 1.25 bits per heavy atom. The van der Waals surface area contributed by atoms with Crippen molar-refractivity contribution in [1.82, 2.24) is 19.9 Å². The highest BCUT2D eigenvalue weighted by molar-refractivity contribution is 6.30. The van der Waals surface area contributed by atoms with E-state index in [0.29, 0.717) is 30.8 Å². The van der Waals surface area contributed by atoms with Crippen molar-refractivity contribution in [3.63, 3.8) is 0 Å². The topological polar surface area (TPSA) is 71.5 Å². The molecule has 7 nitrogen and oxygen atoms in total. The second-order valence-electron chi connectivity index (χ2n) is 8.22. The van der Waals surface area contributed by atoms with E-state index < -0.39 is 11.4 Å². The first-order chi connectivity index (χ1) is 13.1. The van der Waals surface area contributed by atoms with Crippen LogP contribution >= 0.6 is 23.2 Å². The van der Waals surface area contributed by atoms with Crippen LogP contribution in [0.4, 0.5) is 15.0 Å². The molecule has 28 heavy (non-hydrogen) atoms. The van der Waals surface area contributed by atoms with E-state index in [2.05, 4.69) is 15.0 Å². The van der Waals surface area contributed by atoms with Gasteiger partial charge in [-0.3, -0.25) is 0 Å². The number of hydrogen-bond acceptors (Lipinski definition) is 6. The minimum absolute atomic E-state index is 0.0357. The second kappa shape index (κ2) is 6.56. The summed E-state index contributed by atoms with van der Waals surface area (Å²) in [5.41, 5.74) is -0.830. The smallest absolute Gasteiger partial charge is 0.410 e. The van der Waals surface area contributed by atoms with Crippen LogP contribution in [0.5, 0.6) is 0 Å². The number of hydrogen-bond donors (Lipinski definition) is 0. The van der Waals surface area contributed by atoms with Crippen LogP contribution in [-0.2, 0) is 4.74 Å².